The Kier molecular flexibility index (Phi) is 13.2. The van der Waals surface area contributed by atoms with Gasteiger partial charge < -0.3 is 42.6 Å². The zero-order valence-corrected chi connectivity index (χ0v) is 26.8. The van der Waals surface area contributed by atoms with Crippen LogP contribution in [0.2, 0.25) is 0 Å². The minimum Gasteiger partial charge on any atom is -0.479 e. The lowest BCUT2D eigenvalue weighted by Crippen LogP contribution is -2.51. The van der Waals surface area contributed by atoms with Crippen LogP contribution in [0.3, 0.4) is 0 Å². The van der Waals surface area contributed by atoms with Crippen LogP contribution >= 0.6 is 0 Å². The van der Waals surface area contributed by atoms with Crippen LogP contribution in [0.1, 0.15) is 24.6 Å². The number of amides is 1. The molecule has 0 saturated carbocycles. The molecule has 0 radical (unpaired) electrons. The van der Waals surface area contributed by atoms with Crippen LogP contribution in [0.5, 0.6) is 0 Å². The first kappa shape index (κ1) is 37.2. The smallest absolute Gasteiger partial charge is 0.351 e. The summed E-state index contributed by atoms with van der Waals surface area (Å²) in [6.07, 6.45) is 2.17. The number of nitrogen functional groups attached to an aromatic ring is 1. The van der Waals surface area contributed by atoms with Gasteiger partial charge in [-0.05, 0) is 42.3 Å². The Balaban J connectivity index is 0.000000294. The predicted octanol–water partition coefficient (Wildman–Crippen LogP) is 0.327. The number of guanidine groups is 1. The molecule has 4 rings (SSSR count). The predicted molar refractivity (Wildman–Crippen MR) is 177 cm³/mol. The first-order chi connectivity index (χ1) is 22.6. The lowest BCUT2D eigenvalue weighted by atomic mass is 10.1. The molecule has 1 aromatic heterocycles. The van der Waals surface area contributed by atoms with Crippen molar-refractivity contribution in [1.29, 1.82) is 5.41 Å². The first-order valence-electron chi connectivity index (χ1n) is 14.5. The molecule has 11 N–H and O–H groups in total. The van der Waals surface area contributed by atoms with Gasteiger partial charge in [-0.25, -0.2) is 9.59 Å². The van der Waals surface area contributed by atoms with Crippen molar-refractivity contribution in [2.45, 2.75) is 48.7 Å². The standard InChI is InChI=1S/C17H26N8O5.C13H13NO3S/c1-24(16(20)21)6-4-9(18)8-12(26)22-10-2-3-13(30-14(10)15(27)28)25-7-5-11(19)23-17(25)29;15-18(16,17)13-8-4-7-12(9-13)14-10-11-5-2-1-3-6-11/h2-3,5,7,9-10,13-14H,4,6,8,18H2,1H3,(H3,20,21)(H,22,26)(H,27,28)(H2,19,23,29);1-9,14H,10H2,(H,15,16,17)/t9-,10-,13+,14-;/m0./s1. The fourth-order valence-electron chi connectivity index (χ4n) is 4.34. The van der Waals surface area contributed by atoms with E-state index < -0.39 is 52.1 Å². The maximum absolute atomic E-state index is 12.3. The highest BCUT2D eigenvalue weighted by atomic mass is 32.2. The van der Waals surface area contributed by atoms with Crippen molar-refractivity contribution in [3.63, 3.8) is 0 Å². The molecule has 0 unspecified atom stereocenters. The number of carbonyl (C=O) groups excluding carboxylic acids is 1. The molecule has 0 fully saturated rings. The molecule has 1 aliphatic heterocycles. The molecule has 1 aliphatic rings. The summed E-state index contributed by atoms with van der Waals surface area (Å²) < 4.78 is 37.5. The Morgan fingerprint density at radius 3 is 2.48 bits per heavy atom. The van der Waals surface area contributed by atoms with Gasteiger partial charge in [-0.15, -0.1) is 0 Å². The molecule has 258 valence electrons. The lowest BCUT2D eigenvalue weighted by molar-refractivity contribution is -0.159. The Morgan fingerprint density at radius 1 is 1.15 bits per heavy atom. The van der Waals surface area contributed by atoms with Crippen LogP contribution in [-0.4, -0.2) is 82.1 Å². The second-order valence-electron chi connectivity index (χ2n) is 10.7. The Hall–Kier alpha value is -5.30. The molecule has 4 atom stereocenters. The molecule has 2 heterocycles. The SMILES string of the molecule is CN(CC[C@H](N)CC(=O)N[C@H]1C=C[C@H](n2ccc(N)nc2=O)O[C@@H]1C(=O)O)C(=N)N.O=S(=O)(O)c1cccc(NCc2ccccc2)c1. The van der Waals surface area contributed by atoms with E-state index in [0.717, 1.165) is 10.1 Å². The van der Waals surface area contributed by atoms with Gasteiger partial charge in [0.25, 0.3) is 10.1 Å². The van der Waals surface area contributed by atoms with E-state index in [0.29, 0.717) is 25.2 Å². The number of anilines is 2. The number of rotatable bonds is 12. The third-order valence-corrected chi connectivity index (χ3v) is 7.81. The highest BCUT2D eigenvalue weighted by molar-refractivity contribution is 7.85. The first-order valence-corrected chi connectivity index (χ1v) is 15.9. The summed E-state index contributed by atoms with van der Waals surface area (Å²) in [4.78, 5) is 40.8. The average Bonchev–Trinajstić information content (AvgIpc) is 3.03. The van der Waals surface area contributed by atoms with Crippen LogP contribution in [0, 0.1) is 5.41 Å². The number of hydrogen-bond acceptors (Lipinski definition) is 11. The number of carboxylic acids is 1. The number of carboxylic acid groups (broad SMARTS) is 1. The summed E-state index contributed by atoms with van der Waals surface area (Å²) in [7, 11) is -2.51. The summed E-state index contributed by atoms with van der Waals surface area (Å²) in [6.45, 7) is 0.996. The average molecular weight is 686 g/mol. The van der Waals surface area contributed by atoms with Crippen LogP contribution in [-0.2, 0) is 31.0 Å². The molecule has 2 aromatic carbocycles. The second kappa shape index (κ2) is 17.0. The van der Waals surface area contributed by atoms with E-state index in [4.69, 9.17) is 31.9 Å². The maximum atomic E-state index is 12.3. The van der Waals surface area contributed by atoms with Gasteiger partial charge in [0.15, 0.2) is 18.3 Å². The molecular formula is C30H39N9O8S. The number of hydrogen-bond donors (Lipinski definition) is 8. The van der Waals surface area contributed by atoms with E-state index in [-0.39, 0.29) is 23.1 Å². The fourth-order valence-corrected chi connectivity index (χ4v) is 4.87. The molecule has 3 aromatic rings. The number of ether oxygens (including phenoxy) is 1. The van der Waals surface area contributed by atoms with Crippen molar-refractivity contribution in [1.82, 2.24) is 19.8 Å². The van der Waals surface area contributed by atoms with E-state index in [1.807, 2.05) is 30.3 Å². The van der Waals surface area contributed by atoms with E-state index in [1.54, 1.807) is 19.2 Å². The monoisotopic (exact) mass is 685 g/mol. The summed E-state index contributed by atoms with van der Waals surface area (Å²) in [5.41, 5.74) is 17.8. The van der Waals surface area contributed by atoms with Gasteiger partial charge in [0.1, 0.15) is 5.82 Å². The van der Waals surface area contributed by atoms with E-state index >= 15 is 0 Å². The van der Waals surface area contributed by atoms with Crippen molar-refractivity contribution < 1.29 is 32.4 Å². The van der Waals surface area contributed by atoms with Gasteiger partial charge in [-0.2, -0.15) is 13.4 Å². The number of aliphatic carboxylic acids is 1. The number of aromatic nitrogens is 2. The van der Waals surface area contributed by atoms with Crippen LogP contribution in [0.25, 0.3) is 0 Å². The highest BCUT2D eigenvalue weighted by Crippen LogP contribution is 2.21. The third kappa shape index (κ3) is 11.5. The van der Waals surface area contributed by atoms with Gasteiger partial charge in [-0.3, -0.25) is 19.3 Å². The number of carbonyl (C=O) groups is 2. The second-order valence-corrected chi connectivity index (χ2v) is 12.1. The molecule has 0 saturated heterocycles. The number of nitrogens with two attached hydrogens (primary N) is 3. The molecule has 1 amide bonds. The van der Waals surface area contributed by atoms with Crippen LogP contribution in [0.4, 0.5) is 11.5 Å². The molecule has 0 spiro atoms. The number of nitrogens with one attached hydrogen (secondary N) is 3. The molecule has 17 nitrogen and oxygen atoms in total. The van der Waals surface area contributed by atoms with Crippen molar-refractivity contribution in [3.05, 3.63) is 95.1 Å². The largest absolute Gasteiger partial charge is 0.479 e. The van der Waals surface area contributed by atoms with Crippen LogP contribution < -0.4 is 33.5 Å². The van der Waals surface area contributed by atoms with Gasteiger partial charge in [-0.1, -0.05) is 42.5 Å². The Labute approximate surface area is 276 Å². The van der Waals surface area contributed by atoms with Crippen molar-refractivity contribution in [2.75, 3.05) is 24.6 Å². The Bertz CT molecular complexity index is 1770. The van der Waals surface area contributed by atoms with E-state index in [1.165, 1.54) is 41.4 Å². The summed E-state index contributed by atoms with van der Waals surface area (Å²) in [5.74, 6) is -1.84. The topological polar surface area (TPSA) is 282 Å². The zero-order valence-electron chi connectivity index (χ0n) is 26.0. The van der Waals surface area contributed by atoms with E-state index in [9.17, 15) is 27.9 Å². The lowest BCUT2D eigenvalue weighted by Gasteiger charge is -2.31. The number of benzene rings is 2. The quantitative estimate of drug-likeness (QED) is 0.0552. The number of nitrogens with zero attached hydrogens (tertiary/aromatic N) is 3. The molecule has 0 bridgehead atoms. The summed E-state index contributed by atoms with van der Waals surface area (Å²) in [6, 6.07) is 15.8. The molecule has 18 heteroatoms. The molecule has 0 aliphatic carbocycles. The van der Waals surface area contributed by atoms with Crippen LogP contribution in [0.15, 0.2) is 88.7 Å². The zero-order chi connectivity index (χ0) is 35.4. The van der Waals surface area contributed by atoms with Crippen molar-refractivity contribution >= 4 is 39.5 Å². The third-order valence-electron chi connectivity index (χ3n) is 6.96. The van der Waals surface area contributed by atoms with E-state index in [2.05, 4.69) is 15.6 Å². The van der Waals surface area contributed by atoms with Gasteiger partial charge in [0.2, 0.25) is 5.91 Å². The van der Waals surface area contributed by atoms with Gasteiger partial charge in [0, 0.05) is 44.5 Å². The molecule has 48 heavy (non-hydrogen) atoms. The molecular weight excluding hydrogens is 646 g/mol. The minimum atomic E-state index is -4.15. The van der Waals surface area contributed by atoms with Gasteiger partial charge in [0.05, 0.1) is 10.9 Å². The Morgan fingerprint density at radius 2 is 1.85 bits per heavy atom. The van der Waals surface area contributed by atoms with Gasteiger partial charge >= 0.3 is 11.7 Å². The summed E-state index contributed by atoms with van der Waals surface area (Å²) >= 11 is 0. The summed E-state index contributed by atoms with van der Waals surface area (Å²) in [5, 5.41) is 22.4. The maximum Gasteiger partial charge on any atom is 0.351 e. The van der Waals surface area contributed by atoms with Crippen molar-refractivity contribution in [3.8, 4) is 0 Å². The van der Waals surface area contributed by atoms with Crippen molar-refractivity contribution in [2.24, 2.45) is 11.5 Å². The highest BCUT2D eigenvalue weighted by Gasteiger charge is 2.35. The normalized spacial score (nSPS) is 17.7. The fraction of sp³-hybridized carbons (Fsp3) is 0.300. The minimum absolute atomic E-state index is 0.0294.